The smallest absolute Gasteiger partial charge is 0.325 e. The number of benzene rings is 1. The van der Waals surface area contributed by atoms with Crippen LogP contribution in [-0.4, -0.2) is 15.5 Å². The van der Waals surface area contributed by atoms with Gasteiger partial charge in [-0.05, 0) is 61.2 Å². The van der Waals surface area contributed by atoms with Crippen LogP contribution in [-0.2, 0) is 17.4 Å². The summed E-state index contributed by atoms with van der Waals surface area (Å²) in [5, 5.41) is 7.27. The van der Waals surface area contributed by atoms with E-state index in [2.05, 4.69) is 10.4 Å². The quantitative estimate of drug-likeness (QED) is 0.710. The number of carbonyl (C=O) groups excluding carboxylic acids is 1. The van der Waals surface area contributed by atoms with Crippen LogP contribution in [0.3, 0.4) is 0 Å². The molecule has 1 aliphatic carbocycles. The summed E-state index contributed by atoms with van der Waals surface area (Å²) >= 11 is 0. The van der Waals surface area contributed by atoms with Gasteiger partial charge in [-0.25, -0.2) is 4.52 Å². The monoisotopic (exact) mass is 371 g/mol. The van der Waals surface area contributed by atoms with Gasteiger partial charge < -0.3 is 5.32 Å². The van der Waals surface area contributed by atoms with Crippen molar-refractivity contribution < 1.29 is 18.0 Å². The molecule has 1 N–H and O–H groups in total. The molecule has 0 saturated heterocycles. The van der Waals surface area contributed by atoms with Crippen LogP contribution in [0, 0.1) is 6.92 Å². The van der Waals surface area contributed by atoms with E-state index in [4.69, 9.17) is 0 Å². The van der Waals surface area contributed by atoms with Crippen LogP contribution in [0.25, 0.3) is 16.8 Å². The second kappa shape index (κ2) is 5.34. The Labute approximate surface area is 153 Å². The third-order valence-electron chi connectivity index (χ3n) is 5.25. The van der Waals surface area contributed by atoms with Crippen LogP contribution < -0.4 is 5.32 Å². The van der Waals surface area contributed by atoms with Gasteiger partial charge in [0.2, 0.25) is 5.91 Å². The summed E-state index contributed by atoms with van der Waals surface area (Å²) in [6.45, 7) is 1.79. The average molecular weight is 371 g/mol. The maximum Gasteiger partial charge on any atom is 0.418 e. The minimum Gasteiger partial charge on any atom is -0.325 e. The molecule has 0 atom stereocenters. The van der Waals surface area contributed by atoms with Crippen molar-refractivity contribution in [3.05, 3.63) is 52.7 Å². The molecule has 1 aromatic carbocycles. The molecule has 1 amide bonds. The van der Waals surface area contributed by atoms with Crippen LogP contribution in [0.2, 0.25) is 0 Å². The van der Waals surface area contributed by atoms with Crippen molar-refractivity contribution in [2.45, 2.75) is 38.3 Å². The van der Waals surface area contributed by atoms with Gasteiger partial charge >= 0.3 is 6.18 Å². The molecule has 1 fully saturated rings. The number of hydrogen-bond donors (Lipinski definition) is 1. The molecule has 0 bridgehead atoms. The number of aromatic nitrogens is 2. The molecular weight excluding hydrogens is 355 g/mol. The van der Waals surface area contributed by atoms with E-state index in [0.717, 1.165) is 35.7 Å². The lowest BCUT2D eigenvalue weighted by atomic mass is 9.98. The molecule has 3 heterocycles. The highest BCUT2D eigenvalue weighted by molar-refractivity contribution is 6.00. The Kier molecular flexibility index (Phi) is 3.24. The number of anilines is 1. The van der Waals surface area contributed by atoms with Crippen molar-refractivity contribution in [2.75, 3.05) is 5.32 Å². The van der Waals surface area contributed by atoms with Crippen molar-refractivity contribution >= 4 is 17.1 Å². The van der Waals surface area contributed by atoms with Gasteiger partial charge in [0, 0.05) is 17.2 Å². The summed E-state index contributed by atoms with van der Waals surface area (Å²) in [7, 11) is 0. The van der Waals surface area contributed by atoms with E-state index >= 15 is 0 Å². The van der Waals surface area contributed by atoms with Gasteiger partial charge in [0.25, 0.3) is 0 Å². The van der Waals surface area contributed by atoms with Crippen molar-refractivity contribution in [1.82, 2.24) is 9.61 Å². The van der Waals surface area contributed by atoms with E-state index in [9.17, 15) is 18.0 Å². The van der Waals surface area contributed by atoms with Gasteiger partial charge in [-0.15, -0.1) is 0 Å². The molecule has 2 aromatic heterocycles. The Hall–Kier alpha value is -2.83. The summed E-state index contributed by atoms with van der Waals surface area (Å²) in [6.07, 6.45) is -2.28. The van der Waals surface area contributed by atoms with Crippen LogP contribution in [0.4, 0.5) is 18.9 Å². The lowest BCUT2D eigenvalue weighted by molar-refractivity contribution is -0.137. The van der Waals surface area contributed by atoms with E-state index in [-0.39, 0.29) is 18.0 Å². The first-order valence-corrected chi connectivity index (χ1v) is 8.85. The fourth-order valence-corrected chi connectivity index (χ4v) is 3.83. The Morgan fingerprint density at radius 2 is 1.96 bits per heavy atom. The molecule has 0 unspecified atom stereocenters. The minimum atomic E-state index is -4.50. The van der Waals surface area contributed by atoms with Crippen molar-refractivity contribution in [3.8, 4) is 11.3 Å². The van der Waals surface area contributed by atoms with Gasteiger partial charge in [-0.2, -0.15) is 18.3 Å². The van der Waals surface area contributed by atoms with Crippen LogP contribution in [0.1, 0.15) is 41.1 Å². The molecule has 4 nitrogen and oxygen atoms in total. The van der Waals surface area contributed by atoms with E-state index in [0.29, 0.717) is 22.7 Å². The topological polar surface area (TPSA) is 46.4 Å². The van der Waals surface area contributed by atoms with E-state index in [1.807, 2.05) is 6.07 Å². The fourth-order valence-electron chi connectivity index (χ4n) is 3.83. The lowest BCUT2D eigenvalue weighted by Crippen LogP contribution is -2.11. The zero-order chi connectivity index (χ0) is 18.9. The number of rotatable bonds is 2. The minimum absolute atomic E-state index is 0.0251. The number of fused-ring (bicyclic) bond motifs is 2. The Morgan fingerprint density at radius 3 is 2.67 bits per heavy atom. The predicted octanol–water partition coefficient (Wildman–Crippen LogP) is 4.70. The zero-order valence-corrected chi connectivity index (χ0v) is 14.5. The lowest BCUT2D eigenvalue weighted by Gasteiger charge is -2.16. The Balaban J connectivity index is 1.79. The third kappa shape index (κ3) is 2.60. The van der Waals surface area contributed by atoms with E-state index in [1.54, 1.807) is 19.1 Å². The zero-order valence-electron chi connectivity index (χ0n) is 14.5. The molecule has 1 saturated carbocycles. The maximum absolute atomic E-state index is 13.8. The van der Waals surface area contributed by atoms with E-state index in [1.165, 1.54) is 10.6 Å². The molecule has 1 aliphatic heterocycles. The van der Waals surface area contributed by atoms with Gasteiger partial charge in [0.15, 0.2) is 0 Å². The molecule has 138 valence electrons. The van der Waals surface area contributed by atoms with Crippen molar-refractivity contribution in [3.63, 3.8) is 0 Å². The average Bonchev–Trinajstić information content (AvgIpc) is 3.23. The Morgan fingerprint density at radius 1 is 1.19 bits per heavy atom. The first-order valence-electron chi connectivity index (χ1n) is 8.85. The number of alkyl halides is 3. The summed E-state index contributed by atoms with van der Waals surface area (Å²) in [4.78, 5) is 11.7. The summed E-state index contributed by atoms with van der Waals surface area (Å²) < 4.78 is 42.7. The second-order valence-corrected chi connectivity index (χ2v) is 7.33. The number of pyridine rings is 1. The third-order valence-corrected chi connectivity index (χ3v) is 5.25. The maximum atomic E-state index is 13.8. The largest absolute Gasteiger partial charge is 0.418 e. The summed E-state index contributed by atoms with van der Waals surface area (Å²) in [5.74, 6) is 0.199. The molecule has 5 rings (SSSR count). The molecule has 0 radical (unpaired) electrons. The molecular formula is C20H16F3N3O. The van der Waals surface area contributed by atoms with Gasteiger partial charge in [-0.1, -0.05) is 0 Å². The van der Waals surface area contributed by atoms with Crippen LogP contribution >= 0.6 is 0 Å². The SMILES string of the molecule is Cc1cc(-c2c(C(F)(F)F)ccc3cc(C4CC4)nn23)cc2c1NC(=O)C2. The van der Waals surface area contributed by atoms with Crippen molar-refractivity contribution in [2.24, 2.45) is 0 Å². The highest BCUT2D eigenvalue weighted by Gasteiger charge is 2.36. The Bertz CT molecular complexity index is 1110. The van der Waals surface area contributed by atoms with Gasteiger partial charge in [0.05, 0.1) is 28.9 Å². The van der Waals surface area contributed by atoms with E-state index < -0.39 is 11.7 Å². The summed E-state index contributed by atoms with van der Waals surface area (Å²) in [6, 6.07) is 7.81. The summed E-state index contributed by atoms with van der Waals surface area (Å²) in [5.41, 5.74) is 3.37. The number of nitrogens with one attached hydrogen (secondary N) is 1. The normalized spacial score (nSPS) is 16.7. The number of carbonyl (C=O) groups is 1. The molecule has 2 aliphatic rings. The number of hydrogen-bond acceptors (Lipinski definition) is 2. The number of halogens is 3. The first kappa shape index (κ1) is 16.4. The van der Waals surface area contributed by atoms with Crippen molar-refractivity contribution in [1.29, 1.82) is 0 Å². The van der Waals surface area contributed by atoms with Gasteiger partial charge in [0.1, 0.15) is 0 Å². The van der Waals surface area contributed by atoms with Gasteiger partial charge in [-0.3, -0.25) is 4.79 Å². The fraction of sp³-hybridized carbons (Fsp3) is 0.300. The second-order valence-electron chi connectivity index (χ2n) is 7.33. The highest BCUT2D eigenvalue weighted by atomic mass is 19.4. The molecule has 27 heavy (non-hydrogen) atoms. The number of amides is 1. The van der Waals surface area contributed by atoms with Crippen LogP contribution in [0.5, 0.6) is 0 Å². The number of nitrogens with zero attached hydrogens (tertiary/aromatic N) is 2. The predicted molar refractivity (Wildman–Crippen MR) is 94.7 cm³/mol. The standard InChI is InChI=1S/C20H16F3N3O/c1-10-6-13(7-12-8-17(27)24-18(10)12)19-15(20(21,22)23)5-4-14-9-16(11-2-3-11)25-26(14)19/h4-7,9,11H,2-3,8H2,1H3,(H,24,27). The molecule has 7 heteroatoms. The highest BCUT2D eigenvalue weighted by Crippen LogP contribution is 2.43. The molecule has 3 aromatic rings. The number of aryl methyl sites for hydroxylation is 1. The van der Waals surface area contributed by atoms with Crippen LogP contribution in [0.15, 0.2) is 30.3 Å². The molecule has 0 spiro atoms. The first-order chi connectivity index (χ1) is 12.8.